The van der Waals surface area contributed by atoms with Crippen LogP contribution in [0.3, 0.4) is 0 Å². The van der Waals surface area contributed by atoms with Crippen molar-refractivity contribution in [1.82, 2.24) is 15.5 Å². The number of aliphatic hydroxyl groups is 1. The van der Waals surface area contributed by atoms with E-state index in [2.05, 4.69) is 29.4 Å². The number of aromatic nitrogens is 2. The average Bonchev–Trinajstić information content (AvgIpc) is 2.89. The SMILES string of the molecule is CC(C)NC1(CO)CCC(Sc2nncs2)C1. The van der Waals surface area contributed by atoms with Crippen LogP contribution < -0.4 is 5.32 Å². The molecule has 2 rings (SSSR count). The predicted molar refractivity (Wildman–Crippen MR) is 71.5 cm³/mol. The van der Waals surface area contributed by atoms with Gasteiger partial charge in [0.05, 0.1) is 6.61 Å². The fourth-order valence-corrected chi connectivity index (χ4v) is 4.52. The fraction of sp³-hybridized carbons (Fsp3) is 0.818. The lowest BCUT2D eigenvalue weighted by atomic mass is 9.98. The van der Waals surface area contributed by atoms with Gasteiger partial charge < -0.3 is 10.4 Å². The van der Waals surface area contributed by atoms with Gasteiger partial charge in [0, 0.05) is 16.8 Å². The smallest absolute Gasteiger partial charge is 0.174 e. The van der Waals surface area contributed by atoms with Gasteiger partial charge in [0.1, 0.15) is 5.51 Å². The molecule has 0 aliphatic heterocycles. The van der Waals surface area contributed by atoms with Crippen LogP contribution in [-0.2, 0) is 0 Å². The van der Waals surface area contributed by atoms with Gasteiger partial charge in [0.25, 0.3) is 0 Å². The second kappa shape index (κ2) is 5.65. The Balaban J connectivity index is 1.93. The highest BCUT2D eigenvalue weighted by Crippen LogP contribution is 2.40. The van der Waals surface area contributed by atoms with Gasteiger partial charge in [-0.2, -0.15) is 0 Å². The Kier molecular flexibility index (Phi) is 4.41. The summed E-state index contributed by atoms with van der Waals surface area (Å²) in [6.07, 6.45) is 3.18. The number of aliphatic hydroxyl groups excluding tert-OH is 1. The summed E-state index contributed by atoms with van der Waals surface area (Å²) in [6, 6.07) is 0.410. The lowest BCUT2D eigenvalue weighted by Gasteiger charge is -2.30. The van der Waals surface area contributed by atoms with E-state index in [4.69, 9.17) is 0 Å². The molecule has 17 heavy (non-hydrogen) atoms. The molecule has 0 aromatic carbocycles. The minimum absolute atomic E-state index is 0.0868. The second-order valence-corrected chi connectivity index (χ2v) is 7.31. The monoisotopic (exact) mass is 273 g/mol. The van der Waals surface area contributed by atoms with E-state index in [0.29, 0.717) is 11.3 Å². The molecule has 2 atom stereocenters. The number of thioether (sulfide) groups is 1. The topological polar surface area (TPSA) is 58.0 Å². The van der Waals surface area contributed by atoms with Crippen LogP contribution >= 0.6 is 23.1 Å². The Morgan fingerprint density at radius 3 is 3.12 bits per heavy atom. The molecule has 2 unspecified atom stereocenters. The first-order valence-electron chi connectivity index (χ1n) is 5.95. The molecule has 1 heterocycles. The van der Waals surface area contributed by atoms with E-state index in [1.807, 2.05) is 0 Å². The highest BCUT2D eigenvalue weighted by Gasteiger charge is 2.39. The van der Waals surface area contributed by atoms with Gasteiger partial charge in [-0.1, -0.05) is 36.9 Å². The van der Waals surface area contributed by atoms with Crippen LogP contribution in [0.25, 0.3) is 0 Å². The molecule has 4 nitrogen and oxygen atoms in total. The van der Waals surface area contributed by atoms with Crippen molar-refractivity contribution in [1.29, 1.82) is 0 Å². The summed E-state index contributed by atoms with van der Waals surface area (Å²) in [5.74, 6) is 0. The highest BCUT2D eigenvalue weighted by molar-refractivity contribution is 8.01. The summed E-state index contributed by atoms with van der Waals surface area (Å²) in [5, 5.41) is 21.6. The van der Waals surface area contributed by atoms with Crippen molar-refractivity contribution in [2.45, 2.75) is 54.3 Å². The van der Waals surface area contributed by atoms with Crippen LogP contribution in [-0.4, -0.2) is 38.7 Å². The van der Waals surface area contributed by atoms with E-state index in [1.165, 1.54) is 0 Å². The lowest BCUT2D eigenvalue weighted by molar-refractivity contribution is 0.156. The summed E-state index contributed by atoms with van der Waals surface area (Å²) < 4.78 is 1.04. The molecule has 0 radical (unpaired) electrons. The molecule has 1 saturated carbocycles. The Bertz CT molecular complexity index is 344. The summed E-state index contributed by atoms with van der Waals surface area (Å²) in [7, 11) is 0. The van der Waals surface area contributed by atoms with Gasteiger partial charge in [0.15, 0.2) is 4.34 Å². The molecule has 1 aliphatic carbocycles. The zero-order chi connectivity index (χ0) is 12.3. The molecular weight excluding hydrogens is 254 g/mol. The van der Waals surface area contributed by atoms with Crippen molar-refractivity contribution in [3.63, 3.8) is 0 Å². The number of rotatable bonds is 5. The summed E-state index contributed by atoms with van der Waals surface area (Å²) >= 11 is 3.39. The van der Waals surface area contributed by atoms with Crippen LogP contribution in [0.15, 0.2) is 9.85 Å². The van der Waals surface area contributed by atoms with Gasteiger partial charge in [-0.3, -0.25) is 0 Å². The predicted octanol–water partition coefficient (Wildman–Crippen LogP) is 1.91. The Morgan fingerprint density at radius 2 is 2.53 bits per heavy atom. The molecule has 0 amide bonds. The normalized spacial score (nSPS) is 29.1. The fourth-order valence-electron chi connectivity index (χ4n) is 2.47. The van der Waals surface area contributed by atoms with Crippen molar-refractivity contribution in [2.75, 3.05) is 6.61 Å². The molecule has 1 fully saturated rings. The summed E-state index contributed by atoms with van der Waals surface area (Å²) in [5.41, 5.74) is 1.68. The maximum absolute atomic E-state index is 9.61. The molecular formula is C11H19N3OS2. The maximum Gasteiger partial charge on any atom is 0.174 e. The molecule has 1 aliphatic rings. The van der Waals surface area contributed by atoms with Crippen molar-refractivity contribution >= 4 is 23.1 Å². The van der Waals surface area contributed by atoms with Gasteiger partial charge in [-0.05, 0) is 19.3 Å². The first kappa shape index (κ1) is 13.3. The standard InChI is InChI=1S/C11H19N3OS2/c1-8(2)13-11(6-15)4-3-9(5-11)17-10-14-12-7-16-10/h7-9,13,15H,3-6H2,1-2H3. The van der Waals surface area contributed by atoms with Crippen molar-refractivity contribution in [3.05, 3.63) is 5.51 Å². The highest BCUT2D eigenvalue weighted by atomic mass is 32.2. The lowest BCUT2D eigenvalue weighted by Crippen LogP contribution is -2.49. The minimum Gasteiger partial charge on any atom is -0.394 e. The number of nitrogens with one attached hydrogen (secondary N) is 1. The Hall–Kier alpha value is -0.170. The van der Waals surface area contributed by atoms with Crippen LogP contribution in [0, 0.1) is 0 Å². The number of hydrogen-bond acceptors (Lipinski definition) is 6. The van der Waals surface area contributed by atoms with E-state index in [1.54, 1.807) is 28.6 Å². The zero-order valence-electron chi connectivity index (χ0n) is 10.2. The molecule has 2 N–H and O–H groups in total. The second-order valence-electron chi connectivity index (χ2n) is 4.92. The summed E-state index contributed by atoms with van der Waals surface area (Å²) in [6.45, 7) is 4.48. The quantitative estimate of drug-likeness (QED) is 0.858. The van der Waals surface area contributed by atoms with E-state index >= 15 is 0 Å². The minimum atomic E-state index is -0.0868. The first-order chi connectivity index (χ1) is 8.13. The Morgan fingerprint density at radius 1 is 1.71 bits per heavy atom. The third-order valence-electron chi connectivity index (χ3n) is 3.07. The number of nitrogens with zero attached hydrogens (tertiary/aromatic N) is 2. The van der Waals surface area contributed by atoms with E-state index in [-0.39, 0.29) is 12.1 Å². The van der Waals surface area contributed by atoms with Crippen LogP contribution in [0.4, 0.5) is 0 Å². The van der Waals surface area contributed by atoms with Gasteiger partial charge in [-0.15, -0.1) is 10.2 Å². The zero-order valence-corrected chi connectivity index (χ0v) is 11.9. The Labute approximate surface area is 110 Å². The molecule has 1 aromatic heterocycles. The van der Waals surface area contributed by atoms with E-state index < -0.39 is 0 Å². The third-order valence-corrected chi connectivity index (χ3v) is 5.15. The van der Waals surface area contributed by atoms with E-state index in [9.17, 15) is 5.11 Å². The molecule has 6 heteroatoms. The molecule has 0 bridgehead atoms. The molecule has 96 valence electrons. The molecule has 0 spiro atoms. The molecule has 0 saturated heterocycles. The van der Waals surface area contributed by atoms with Crippen molar-refractivity contribution in [3.8, 4) is 0 Å². The van der Waals surface area contributed by atoms with Crippen molar-refractivity contribution in [2.24, 2.45) is 0 Å². The third kappa shape index (κ3) is 3.40. The van der Waals surface area contributed by atoms with E-state index in [0.717, 1.165) is 23.6 Å². The van der Waals surface area contributed by atoms with Gasteiger partial charge in [0.2, 0.25) is 0 Å². The van der Waals surface area contributed by atoms with Crippen LogP contribution in [0.1, 0.15) is 33.1 Å². The molecule has 1 aromatic rings. The number of hydrogen-bond donors (Lipinski definition) is 2. The van der Waals surface area contributed by atoms with Crippen LogP contribution in [0.5, 0.6) is 0 Å². The largest absolute Gasteiger partial charge is 0.394 e. The van der Waals surface area contributed by atoms with Crippen LogP contribution in [0.2, 0.25) is 0 Å². The summed E-state index contributed by atoms with van der Waals surface area (Å²) in [4.78, 5) is 0. The van der Waals surface area contributed by atoms with Crippen molar-refractivity contribution < 1.29 is 5.11 Å². The first-order valence-corrected chi connectivity index (χ1v) is 7.71. The van der Waals surface area contributed by atoms with Gasteiger partial charge >= 0.3 is 0 Å². The maximum atomic E-state index is 9.61. The van der Waals surface area contributed by atoms with Gasteiger partial charge in [-0.25, -0.2) is 0 Å². The average molecular weight is 273 g/mol.